The second kappa shape index (κ2) is 7.60. The normalized spacial score (nSPS) is 16.0. The molecular weight excluding hydrogens is 398 g/mol. The molecule has 0 spiro atoms. The molecule has 1 aliphatic heterocycles. The molecule has 1 aliphatic rings. The number of fused-ring (bicyclic) bond motifs is 2. The van der Waals surface area contributed by atoms with Crippen LogP contribution in [-0.2, 0) is 11.3 Å². The molecule has 4 aromatic rings. The lowest BCUT2D eigenvalue weighted by atomic mass is 10.2. The summed E-state index contributed by atoms with van der Waals surface area (Å²) in [6.07, 6.45) is 3.14. The van der Waals surface area contributed by atoms with Gasteiger partial charge in [0.1, 0.15) is 24.0 Å². The summed E-state index contributed by atoms with van der Waals surface area (Å²) in [6.45, 7) is 0.484. The van der Waals surface area contributed by atoms with Crippen LogP contribution in [0.3, 0.4) is 0 Å². The summed E-state index contributed by atoms with van der Waals surface area (Å²) in [5.41, 5.74) is 2.45. The Balaban J connectivity index is 1.31. The standard InChI is InChI=1S/C22H19N5O4/c1-26-18-9-15-7-8-30-19(15)10-20(18)31-13-17(22(26)29)23-21(28)16-12-27(25-24-16)11-14-5-3-2-4-6-14/h2-10,12,17H,11,13H2,1H3,(H,23,28)/t17-/m0/s1. The van der Waals surface area contributed by atoms with Crippen molar-refractivity contribution in [2.24, 2.45) is 0 Å². The molecule has 5 rings (SSSR count). The van der Waals surface area contributed by atoms with Gasteiger partial charge in [0.15, 0.2) is 5.69 Å². The number of furan rings is 1. The molecule has 156 valence electrons. The molecule has 3 heterocycles. The Labute approximate surface area is 177 Å². The fourth-order valence-electron chi connectivity index (χ4n) is 3.54. The lowest BCUT2D eigenvalue weighted by molar-refractivity contribution is -0.120. The van der Waals surface area contributed by atoms with E-state index >= 15 is 0 Å². The number of anilines is 1. The number of likely N-dealkylation sites (N-methyl/N-ethyl adjacent to an activating group) is 1. The molecule has 1 atom stereocenters. The zero-order valence-electron chi connectivity index (χ0n) is 16.7. The quantitative estimate of drug-likeness (QED) is 0.546. The molecule has 2 amide bonds. The fraction of sp³-hybridized carbons (Fsp3) is 0.182. The van der Waals surface area contributed by atoms with E-state index in [1.165, 1.54) is 4.90 Å². The SMILES string of the molecule is CN1C(=O)[C@@H](NC(=O)c2cn(Cc3ccccc3)nn2)COc2cc3occc3cc21. The van der Waals surface area contributed by atoms with Crippen molar-refractivity contribution in [3.63, 3.8) is 0 Å². The predicted molar refractivity (Wildman–Crippen MR) is 112 cm³/mol. The third kappa shape index (κ3) is 3.61. The molecular formula is C22H19N5O4. The number of nitrogens with zero attached hydrogens (tertiary/aromatic N) is 4. The van der Waals surface area contributed by atoms with Crippen LogP contribution in [0.25, 0.3) is 11.0 Å². The van der Waals surface area contributed by atoms with Gasteiger partial charge in [-0.05, 0) is 17.7 Å². The molecule has 1 N–H and O–H groups in total. The molecule has 9 heteroatoms. The smallest absolute Gasteiger partial charge is 0.274 e. The summed E-state index contributed by atoms with van der Waals surface area (Å²) in [7, 11) is 1.65. The van der Waals surface area contributed by atoms with Gasteiger partial charge in [0.25, 0.3) is 11.8 Å². The number of carbonyl (C=O) groups is 2. The number of carbonyl (C=O) groups excluding carboxylic acids is 2. The van der Waals surface area contributed by atoms with Gasteiger partial charge in [-0.1, -0.05) is 35.5 Å². The zero-order chi connectivity index (χ0) is 21.4. The highest BCUT2D eigenvalue weighted by atomic mass is 16.5. The number of nitrogens with one attached hydrogen (secondary N) is 1. The van der Waals surface area contributed by atoms with E-state index in [0.717, 1.165) is 10.9 Å². The van der Waals surface area contributed by atoms with Crippen LogP contribution in [0.15, 0.2) is 65.4 Å². The van der Waals surface area contributed by atoms with Crippen molar-refractivity contribution < 1.29 is 18.7 Å². The highest BCUT2D eigenvalue weighted by molar-refractivity contribution is 6.04. The van der Waals surface area contributed by atoms with Crippen LogP contribution >= 0.6 is 0 Å². The third-order valence-corrected chi connectivity index (χ3v) is 5.19. The van der Waals surface area contributed by atoms with E-state index in [9.17, 15) is 9.59 Å². The predicted octanol–water partition coefficient (Wildman–Crippen LogP) is 2.23. The molecule has 9 nitrogen and oxygen atoms in total. The van der Waals surface area contributed by atoms with E-state index < -0.39 is 11.9 Å². The minimum absolute atomic E-state index is 0.00766. The summed E-state index contributed by atoms with van der Waals surface area (Å²) in [5, 5.41) is 11.5. The summed E-state index contributed by atoms with van der Waals surface area (Å²) < 4.78 is 12.8. The molecule has 0 saturated heterocycles. The Hall–Kier alpha value is -4.14. The minimum atomic E-state index is -0.865. The molecule has 0 unspecified atom stereocenters. The van der Waals surface area contributed by atoms with Gasteiger partial charge in [0.05, 0.1) is 24.7 Å². The van der Waals surface area contributed by atoms with Crippen molar-refractivity contribution in [1.29, 1.82) is 0 Å². The monoisotopic (exact) mass is 417 g/mol. The summed E-state index contributed by atoms with van der Waals surface area (Å²) in [5.74, 6) is -0.259. The maximum Gasteiger partial charge on any atom is 0.274 e. The lowest BCUT2D eigenvalue weighted by Gasteiger charge is -2.20. The van der Waals surface area contributed by atoms with Gasteiger partial charge < -0.3 is 19.4 Å². The number of rotatable bonds is 4. The highest BCUT2D eigenvalue weighted by Crippen LogP contribution is 2.35. The topological polar surface area (TPSA) is 102 Å². The Bertz CT molecular complexity index is 1260. The molecule has 0 saturated carbocycles. The average molecular weight is 417 g/mol. The number of hydrogen-bond acceptors (Lipinski definition) is 6. The summed E-state index contributed by atoms with van der Waals surface area (Å²) in [6, 6.07) is 14.3. The highest BCUT2D eigenvalue weighted by Gasteiger charge is 2.31. The van der Waals surface area contributed by atoms with Crippen molar-refractivity contribution >= 4 is 28.5 Å². The van der Waals surface area contributed by atoms with Crippen LogP contribution in [0.2, 0.25) is 0 Å². The molecule has 2 aromatic carbocycles. The molecule has 2 aromatic heterocycles. The second-order valence-electron chi connectivity index (χ2n) is 7.30. The van der Waals surface area contributed by atoms with Gasteiger partial charge >= 0.3 is 0 Å². The van der Waals surface area contributed by atoms with Crippen molar-refractivity contribution in [1.82, 2.24) is 20.3 Å². The van der Waals surface area contributed by atoms with Gasteiger partial charge in [-0.2, -0.15) is 0 Å². The third-order valence-electron chi connectivity index (χ3n) is 5.19. The molecule has 0 aliphatic carbocycles. The minimum Gasteiger partial charge on any atom is -0.489 e. The lowest BCUT2D eigenvalue weighted by Crippen LogP contribution is -2.49. The van der Waals surface area contributed by atoms with E-state index in [1.54, 1.807) is 30.3 Å². The number of aromatic nitrogens is 3. The van der Waals surface area contributed by atoms with Crippen molar-refractivity contribution in [2.75, 3.05) is 18.6 Å². The van der Waals surface area contributed by atoms with Crippen LogP contribution in [0, 0.1) is 0 Å². The number of hydrogen-bond donors (Lipinski definition) is 1. The fourth-order valence-corrected chi connectivity index (χ4v) is 3.54. The van der Waals surface area contributed by atoms with E-state index in [-0.39, 0.29) is 18.2 Å². The van der Waals surface area contributed by atoms with Gasteiger partial charge in [-0.3, -0.25) is 9.59 Å². The molecule has 0 radical (unpaired) electrons. The van der Waals surface area contributed by atoms with Crippen molar-refractivity contribution in [3.8, 4) is 5.75 Å². The zero-order valence-corrected chi connectivity index (χ0v) is 16.7. The second-order valence-corrected chi connectivity index (χ2v) is 7.30. The molecule has 31 heavy (non-hydrogen) atoms. The Morgan fingerprint density at radius 1 is 1.23 bits per heavy atom. The van der Waals surface area contributed by atoms with Crippen LogP contribution in [-0.4, -0.2) is 46.5 Å². The van der Waals surface area contributed by atoms with Gasteiger partial charge in [0.2, 0.25) is 0 Å². The van der Waals surface area contributed by atoms with Crippen LogP contribution < -0.4 is 15.0 Å². The Morgan fingerprint density at radius 3 is 2.90 bits per heavy atom. The first-order valence-electron chi connectivity index (χ1n) is 9.75. The van der Waals surface area contributed by atoms with E-state index in [4.69, 9.17) is 9.15 Å². The number of ether oxygens (including phenoxy) is 1. The molecule has 0 bridgehead atoms. The van der Waals surface area contributed by atoms with Gasteiger partial charge in [-0.15, -0.1) is 5.10 Å². The van der Waals surface area contributed by atoms with E-state index in [0.29, 0.717) is 23.6 Å². The van der Waals surface area contributed by atoms with E-state index in [2.05, 4.69) is 15.6 Å². The molecule has 0 fully saturated rings. The van der Waals surface area contributed by atoms with Crippen LogP contribution in [0.5, 0.6) is 5.75 Å². The summed E-state index contributed by atoms with van der Waals surface area (Å²) in [4.78, 5) is 27.1. The van der Waals surface area contributed by atoms with Gasteiger partial charge in [0, 0.05) is 18.5 Å². The Kier molecular flexibility index (Phi) is 4.62. The van der Waals surface area contributed by atoms with Crippen molar-refractivity contribution in [2.45, 2.75) is 12.6 Å². The first-order valence-corrected chi connectivity index (χ1v) is 9.75. The largest absolute Gasteiger partial charge is 0.489 e. The number of amides is 2. The van der Waals surface area contributed by atoms with Crippen LogP contribution in [0.1, 0.15) is 16.1 Å². The Morgan fingerprint density at radius 2 is 2.06 bits per heavy atom. The maximum absolute atomic E-state index is 13.0. The number of benzene rings is 2. The first-order chi connectivity index (χ1) is 15.1. The van der Waals surface area contributed by atoms with Crippen LogP contribution in [0.4, 0.5) is 5.69 Å². The summed E-state index contributed by atoms with van der Waals surface area (Å²) >= 11 is 0. The van der Waals surface area contributed by atoms with Crippen molar-refractivity contribution in [3.05, 3.63) is 72.2 Å². The van der Waals surface area contributed by atoms with Gasteiger partial charge in [-0.25, -0.2) is 4.68 Å². The average Bonchev–Trinajstić information content (AvgIpc) is 3.42. The maximum atomic E-state index is 13.0. The van der Waals surface area contributed by atoms with E-state index in [1.807, 2.05) is 42.5 Å². The first kappa shape index (κ1) is 18.9.